The van der Waals surface area contributed by atoms with Crippen LogP contribution < -0.4 is 10.6 Å². The lowest BCUT2D eigenvalue weighted by molar-refractivity contribution is 0.521. The Kier molecular flexibility index (Phi) is 3.51. The molecule has 1 unspecified atom stereocenters. The van der Waals surface area contributed by atoms with Crippen molar-refractivity contribution in [2.75, 3.05) is 23.7 Å². The Bertz CT molecular complexity index is 621. The van der Waals surface area contributed by atoms with Gasteiger partial charge in [0, 0.05) is 47.1 Å². The van der Waals surface area contributed by atoms with Crippen LogP contribution in [0.2, 0.25) is 0 Å². The monoisotopic (exact) mass is 269 g/mol. The lowest BCUT2D eigenvalue weighted by Gasteiger charge is -2.25. The van der Waals surface area contributed by atoms with Crippen LogP contribution in [-0.2, 0) is 0 Å². The van der Waals surface area contributed by atoms with Crippen LogP contribution in [-0.4, -0.2) is 18.1 Å². The third-order valence-electron chi connectivity index (χ3n) is 4.41. The van der Waals surface area contributed by atoms with Gasteiger partial charge >= 0.3 is 0 Å². The molecule has 1 atom stereocenters. The first kappa shape index (κ1) is 13.2. The number of nitrogens with zero attached hydrogens (tertiary/aromatic N) is 2. The summed E-state index contributed by atoms with van der Waals surface area (Å²) in [7, 11) is 0. The van der Waals surface area contributed by atoms with Gasteiger partial charge in [-0.15, -0.1) is 0 Å². The van der Waals surface area contributed by atoms with Crippen molar-refractivity contribution in [2.24, 2.45) is 5.92 Å². The zero-order valence-corrected chi connectivity index (χ0v) is 12.4. The molecule has 3 nitrogen and oxygen atoms in total. The number of benzene rings is 1. The first-order valence-electron chi connectivity index (χ1n) is 7.55. The molecule has 106 valence electrons. The predicted molar refractivity (Wildman–Crippen MR) is 86.1 cm³/mol. The van der Waals surface area contributed by atoms with Gasteiger partial charge in [-0.1, -0.05) is 6.92 Å². The van der Waals surface area contributed by atoms with Gasteiger partial charge in [0.15, 0.2) is 0 Å². The summed E-state index contributed by atoms with van der Waals surface area (Å²) >= 11 is 0. The van der Waals surface area contributed by atoms with E-state index in [0.29, 0.717) is 0 Å². The molecule has 0 radical (unpaired) electrons. The number of aromatic nitrogens is 1. The van der Waals surface area contributed by atoms with Crippen LogP contribution in [0.3, 0.4) is 0 Å². The van der Waals surface area contributed by atoms with Gasteiger partial charge in [0.1, 0.15) is 0 Å². The largest absolute Gasteiger partial charge is 0.398 e. The highest BCUT2D eigenvalue weighted by Gasteiger charge is 2.16. The van der Waals surface area contributed by atoms with E-state index in [0.717, 1.165) is 35.8 Å². The van der Waals surface area contributed by atoms with Crippen molar-refractivity contribution >= 4 is 22.1 Å². The lowest BCUT2D eigenvalue weighted by atomic mass is 10.0. The van der Waals surface area contributed by atoms with Crippen LogP contribution >= 0.6 is 0 Å². The topological polar surface area (TPSA) is 42.1 Å². The average Bonchev–Trinajstić information content (AvgIpc) is 2.64. The van der Waals surface area contributed by atoms with Crippen molar-refractivity contribution in [3.8, 4) is 0 Å². The molecule has 0 saturated carbocycles. The SMILES string of the molecule is Cc1cc2c(N3CCCC(C)CC3)ccc(N)c2cn1. The molecule has 0 spiro atoms. The number of nitrogens with two attached hydrogens (primary N) is 1. The Morgan fingerprint density at radius 1 is 1.20 bits per heavy atom. The molecular weight excluding hydrogens is 246 g/mol. The smallest absolute Gasteiger partial charge is 0.0448 e. The Labute approximate surface area is 120 Å². The minimum absolute atomic E-state index is 0.819. The molecule has 0 amide bonds. The van der Waals surface area contributed by atoms with Gasteiger partial charge in [-0.25, -0.2) is 0 Å². The maximum absolute atomic E-state index is 6.10. The normalized spacial score (nSPS) is 20.1. The molecule has 20 heavy (non-hydrogen) atoms. The summed E-state index contributed by atoms with van der Waals surface area (Å²) in [5, 5.41) is 2.32. The van der Waals surface area contributed by atoms with Crippen molar-refractivity contribution < 1.29 is 0 Å². The molecule has 3 rings (SSSR count). The van der Waals surface area contributed by atoms with Gasteiger partial charge in [0.2, 0.25) is 0 Å². The van der Waals surface area contributed by atoms with E-state index in [2.05, 4.69) is 28.9 Å². The number of rotatable bonds is 1. The highest BCUT2D eigenvalue weighted by Crippen LogP contribution is 2.32. The number of fused-ring (bicyclic) bond motifs is 1. The first-order valence-corrected chi connectivity index (χ1v) is 7.55. The average molecular weight is 269 g/mol. The highest BCUT2D eigenvalue weighted by atomic mass is 15.1. The molecule has 2 heterocycles. The standard InChI is InChI=1S/C17H23N3/c1-12-4-3-8-20(9-7-12)17-6-5-16(18)15-11-19-13(2)10-14(15)17/h5-6,10-12H,3-4,7-9,18H2,1-2H3. The third kappa shape index (κ3) is 2.45. The molecule has 2 aromatic rings. The number of hydrogen-bond acceptors (Lipinski definition) is 3. The number of hydrogen-bond donors (Lipinski definition) is 1. The van der Waals surface area contributed by atoms with Crippen LogP contribution in [0.4, 0.5) is 11.4 Å². The van der Waals surface area contributed by atoms with Crippen molar-refractivity contribution in [3.05, 3.63) is 30.1 Å². The predicted octanol–water partition coefficient (Wildman–Crippen LogP) is 3.75. The van der Waals surface area contributed by atoms with E-state index in [1.165, 1.54) is 30.3 Å². The summed E-state index contributed by atoms with van der Waals surface area (Å²) < 4.78 is 0. The Balaban J connectivity index is 2.06. The third-order valence-corrected chi connectivity index (χ3v) is 4.41. The fraction of sp³-hybridized carbons (Fsp3) is 0.471. The molecule has 1 fully saturated rings. The van der Waals surface area contributed by atoms with E-state index in [1.807, 2.05) is 19.2 Å². The maximum atomic E-state index is 6.10. The fourth-order valence-electron chi connectivity index (χ4n) is 3.13. The Hall–Kier alpha value is -1.77. The molecule has 2 N–H and O–H groups in total. The van der Waals surface area contributed by atoms with Gasteiger partial charge in [-0.05, 0) is 50.3 Å². The van der Waals surface area contributed by atoms with Crippen LogP contribution in [0.25, 0.3) is 10.8 Å². The minimum Gasteiger partial charge on any atom is -0.398 e. The zero-order chi connectivity index (χ0) is 14.1. The summed E-state index contributed by atoms with van der Waals surface area (Å²) in [5.41, 5.74) is 9.28. The molecular formula is C17H23N3. The van der Waals surface area contributed by atoms with Crippen molar-refractivity contribution in [3.63, 3.8) is 0 Å². The van der Waals surface area contributed by atoms with Crippen molar-refractivity contribution in [1.82, 2.24) is 4.98 Å². The molecule has 1 aromatic heterocycles. The lowest BCUT2D eigenvalue weighted by Crippen LogP contribution is -2.24. The van der Waals surface area contributed by atoms with E-state index in [4.69, 9.17) is 5.73 Å². The van der Waals surface area contributed by atoms with Gasteiger partial charge in [0.25, 0.3) is 0 Å². The summed E-state index contributed by atoms with van der Waals surface area (Å²) in [4.78, 5) is 6.91. The number of pyridine rings is 1. The molecule has 0 aliphatic carbocycles. The summed E-state index contributed by atoms with van der Waals surface area (Å²) in [6.07, 6.45) is 5.79. The first-order chi connectivity index (χ1) is 9.65. The van der Waals surface area contributed by atoms with E-state index in [-0.39, 0.29) is 0 Å². The van der Waals surface area contributed by atoms with Crippen LogP contribution in [0, 0.1) is 12.8 Å². The summed E-state index contributed by atoms with van der Waals surface area (Å²) in [5.74, 6) is 0.837. The summed E-state index contributed by atoms with van der Waals surface area (Å²) in [6, 6.07) is 6.35. The second-order valence-corrected chi connectivity index (χ2v) is 6.07. The Morgan fingerprint density at radius 3 is 2.90 bits per heavy atom. The van der Waals surface area contributed by atoms with E-state index in [1.54, 1.807) is 0 Å². The van der Waals surface area contributed by atoms with Gasteiger partial charge in [0.05, 0.1) is 0 Å². The molecule has 3 heteroatoms. The zero-order valence-electron chi connectivity index (χ0n) is 12.4. The van der Waals surface area contributed by atoms with Crippen LogP contribution in [0.15, 0.2) is 24.4 Å². The molecule has 1 aromatic carbocycles. The van der Waals surface area contributed by atoms with E-state index in [9.17, 15) is 0 Å². The second kappa shape index (κ2) is 5.31. The van der Waals surface area contributed by atoms with Gasteiger partial charge < -0.3 is 10.6 Å². The summed E-state index contributed by atoms with van der Waals surface area (Å²) in [6.45, 7) is 6.68. The van der Waals surface area contributed by atoms with E-state index >= 15 is 0 Å². The highest BCUT2D eigenvalue weighted by molar-refractivity contribution is 6.01. The van der Waals surface area contributed by atoms with Crippen LogP contribution in [0.5, 0.6) is 0 Å². The molecule has 1 saturated heterocycles. The van der Waals surface area contributed by atoms with Gasteiger partial charge in [-0.3, -0.25) is 4.98 Å². The van der Waals surface area contributed by atoms with Crippen molar-refractivity contribution in [1.29, 1.82) is 0 Å². The van der Waals surface area contributed by atoms with Crippen LogP contribution in [0.1, 0.15) is 31.9 Å². The minimum atomic E-state index is 0.819. The quantitative estimate of drug-likeness (QED) is 0.802. The number of nitrogen functional groups attached to an aromatic ring is 1. The maximum Gasteiger partial charge on any atom is 0.0448 e. The fourth-order valence-corrected chi connectivity index (χ4v) is 3.13. The number of anilines is 2. The Morgan fingerprint density at radius 2 is 2.05 bits per heavy atom. The molecule has 0 bridgehead atoms. The number of aryl methyl sites for hydroxylation is 1. The van der Waals surface area contributed by atoms with Gasteiger partial charge in [-0.2, -0.15) is 0 Å². The van der Waals surface area contributed by atoms with E-state index < -0.39 is 0 Å². The molecule has 1 aliphatic rings. The molecule has 1 aliphatic heterocycles. The van der Waals surface area contributed by atoms with Crippen molar-refractivity contribution in [2.45, 2.75) is 33.1 Å². The second-order valence-electron chi connectivity index (χ2n) is 6.07.